The Balaban J connectivity index is 3.43. The summed E-state index contributed by atoms with van der Waals surface area (Å²) in [6, 6.07) is -0.693. The van der Waals surface area contributed by atoms with Crippen molar-refractivity contribution in [1.82, 2.24) is 0 Å². The summed E-state index contributed by atoms with van der Waals surface area (Å²) in [5.41, 5.74) is 5.50. The molecule has 3 N–H and O–H groups in total. The molecular weight excluding hydrogens is 178 g/mol. The molecule has 14 heavy (non-hydrogen) atoms. The van der Waals surface area contributed by atoms with Gasteiger partial charge in [-0.15, -0.1) is 0 Å². The molecule has 0 saturated carbocycles. The number of carboxylic acids is 1. The number of rotatable bonds is 8. The van der Waals surface area contributed by atoms with Gasteiger partial charge >= 0.3 is 5.97 Å². The number of carbonyl (C=O) groups is 1. The number of hydrogen-bond donors (Lipinski definition) is 2. The third-order valence-electron chi connectivity index (χ3n) is 2.66. The van der Waals surface area contributed by atoms with Crippen molar-refractivity contribution in [3.8, 4) is 0 Å². The Hall–Kier alpha value is -0.570. The van der Waals surface area contributed by atoms with Gasteiger partial charge in [-0.2, -0.15) is 0 Å². The molecule has 0 saturated heterocycles. The summed E-state index contributed by atoms with van der Waals surface area (Å²) in [6.07, 6.45) is 7.00. The van der Waals surface area contributed by atoms with E-state index in [1.807, 2.05) is 6.92 Å². The molecule has 84 valence electrons. The zero-order chi connectivity index (χ0) is 11.0. The quantitative estimate of drug-likeness (QED) is 0.593. The van der Waals surface area contributed by atoms with Crippen LogP contribution in [0.4, 0.5) is 0 Å². The lowest BCUT2D eigenvalue weighted by atomic mass is 9.95. The molecule has 0 heterocycles. The normalized spacial score (nSPS) is 15.1. The van der Waals surface area contributed by atoms with Crippen LogP contribution >= 0.6 is 0 Å². The maximum absolute atomic E-state index is 10.6. The summed E-state index contributed by atoms with van der Waals surface area (Å²) in [7, 11) is 0. The van der Waals surface area contributed by atoms with Crippen LogP contribution in [0.2, 0.25) is 0 Å². The van der Waals surface area contributed by atoms with Gasteiger partial charge in [0.2, 0.25) is 0 Å². The van der Waals surface area contributed by atoms with E-state index in [0.717, 1.165) is 12.8 Å². The first kappa shape index (κ1) is 13.4. The highest BCUT2D eigenvalue weighted by molar-refractivity contribution is 5.73. The molecule has 0 spiro atoms. The number of nitrogens with two attached hydrogens (primary N) is 1. The molecule has 0 bridgehead atoms. The molecule has 0 radical (unpaired) electrons. The van der Waals surface area contributed by atoms with Crippen LogP contribution < -0.4 is 5.73 Å². The highest BCUT2D eigenvalue weighted by atomic mass is 16.4. The van der Waals surface area contributed by atoms with Crippen molar-refractivity contribution < 1.29 is 9.90 Å². The predicted octanol–water partition coefficient (Wildman–Crippen LogP) is 2.39. The second-order valence-electron chi connectivity index (χ2n) is 4.04. The van der Waals surface area contributed by atoms with Crippen molar-refractivity contribution >= 4 is 5.97 Å². The molecule has 0 aliphatic carbocycles. The van der Waals surface area contributed by atoms with Crippen molar-refractivity contribution in [2.24, 2.45) is 11.7 Å². The van der Waals surface area contributed by atoms with Crippen molar-refractivity contribution in [1.29, 1.82) is 0 Å². The van der Waals surface area contributed by atoms with E-state index in [9.17, 15) is 4.79 Å². The summed E-state index contributed by atoms with van der Waals surface area (Å²) < 4.78 is 0. The van der Waals surface area contributed by atoms with Crippen LogP contribution in [0.15, 0.2) is 0 Å². The molecule has 0 aromatic carbocycles. The molecule has 3 heteroatoms. The third-order valence-corrected chi connectivity index (χ3v) is 2.66. The average Bonchev–Trinajstić information content (AvgIpc) is 2.16. The van der Waals surface area contributed by atoms with Gasteiger partial charge in [0.1, 0.15) is 6.04 Å². The first-order chi connectivity index (χ1) is 6.59. The highest BCUT2D eigenvalue weighted by Gasteiger charge is 2.18. The summed E-state index contributed by atoms with van der Waals surface area (Å²) >= 11 is 0. The van der Waals surface area contributed by atoms with Gasteiger partial charge in [0, 0.05) is 0 Å². The molecule has 0 rings (SSSR count). The smallest absolute Gasteiger partial charge is 0.320 e. The molecule has 0 amide bonds. The molecule has 3 nitrogen and oxygen atoms in total. The SMILES string of the molecule is CCCCCCCC(C)C(N)C(=O)O. The van der Waals surface area contributed by atoms with Gasteiger partial charge in [-0.3, -0.25) is 4.79 Å². The lowest BCUT2D eigenvalue weighted by molar-refractivity contribution is -0.139. The first-order valence-electron chi connectivity index (χ1n) is 5.58. The van der Waals surface area contributed by atoms with Crippen LogP contribution in [0.5, 0.6) is 0 Å². The van der Waals surface area contributed by atoms with E-state index in [-0.39, 0.29) is 5.92 Å². The number of aliphatic carboxylic acids is 1. The zero-order valence-corrected chi connectivity index (χ0v) is 9.33. The lowest BCUT2D eigenvalue weighted by Crippen LogP contribution is -2.36. The highest BCUT2D eigenvalue weighted by Crippen LogP contribution is 2.13. The predicted molar refractivity (Wildman–Crippen MR) is 58.2 cm³/mol. The van der Waals surface area contributed by atoms with Crippen molar-refractivity contribution in [3.63, 3.8) is 0 Å². The van der Waals surface area contributed by atoms with Crippen LogP contribution in [0.1, 0.15) is 52.4 Å². The number of hydrogen-bond acceptors (Lipinski definition) is 2. The Morgan fingerprint density at radius 2 is 1.86 bits per heavy atom. The van der Waals surface area contributed by atoms with E-state index in [1.165, 1.54) is 25.7 Å². The number of carboxylic acid groups (broad SMARTS) is 1. The van der Waals surface area contributed by atoms with Gasteiger partial charge < -0.3 is 10.8 Å². The lowest BCUT2D eigenvalue weighted by Gasteiger charge is -2.15. The zero-order valence-electron chi connectivity index (χ0n) is 9.33. The maximum Gasteiger partial charge on any atom is 0.320 e. The summed E-state index contributed by atoms with van der Waals surface area (Å²) in [5.74, 6) is -0.791. The minimum absolute atomic E-state index is 0.0918. The third kappa shape index (κ3) is 5.97. The summed E-state index contributed by atoms with van der Waals surface area (Å²) in [6.45, 7) is 4.10. The van der Waals surface area contributed by atoms with Crippen LogP contribution in [0.25, 0.3) is 0 Å². The van der Waals surface area contributed by atoms with Crippen LogP contribution in [-0.2, 0) is 4.79 Å². The standard InChI is InChI=1S/C11H23NO2/c1-3-4-5-6-7-8-9(2)10(12)11(13)14/h9-10H,3-8,12H2,1-2H3,(H,13,14). The minimum Gasteiger partial charge on any atom is -0.480 e. The number of unbranched alkanes of at least 4 members (excludes halogenated alkanes) is 4. The fraction of sp³-hybridized carbons (Fsp3) is 0.909. The molecule has 0 aliphatic heterocycles. The minimum atomic E-state index is -0.883. The van der Waals surface area contributed by atoms with E-state index in [1.54, 1.807) is 0 Å². The monoisotopic (exact) mass is 201 g/mol. The second-order valence-corrected chi connectivity index (χ2v) is 4.04. The molecule has 2 atom stereocenters. The molecular formula is C11H23NO2. The molecule has 0 aromatic rings. The van der Waals surface area contributed by atoms with Crippen LogP contribution in [0.3, 0.4) is 0 Å². The van der Waals surface area contributed by atoms with Gasteiger partial charge in [0.05, 0.1) is 0 Å². The Labute approximate surface area is 86.7 Å². The van der Waals surface area contributed by atoms with E-state index >= 15 is 0 Å². The summed E-state index contributed by atoms with van der Waals surface area (Å²) in [5, 5.41) is 8.67. The van der Waals surface area contributed by atoms with Crippen LogP contribution in [0, 0.1) is 5.92 Å². The van der Waals surface area contributed by atoms with Gasteiger partial charge in [-0.05, 0) is 12.3 Å². The largest absolute Gasteiger partial charge is 0.480 e. The van der Waals surface area contributed by atoms with Gasteiger partial charge in [-0.25, -0.2) is 0 Å². The average molecular weight is 201 g/mol. The Morgan fingerprint density at radius 1 is 1.29 bits per heavy atom. The Kier molecular flexibility index (Phi) is 7.48. The molecule has 2 unspecified atom stereocenters. The van der Waals surface area contributed by atoms with E-state index < -0.39 is 12.0 Å². The van der Waals surface area contributed by atoms with Crippen molar-refractivity contribution in [2.45, 2.75) is 58.4 Å². The van der Waals surface area contributed by atoms with Gasteiger partial charge in [-0.1, -0.05) is 46.0 Å². The summed E-state index contributed by atoms with van der Waals surface area (Å²) in [4.78, 5) is 10.6. The van der Waals surface area contributed by atoms with E-state index in [2.05, 4.69) is 6.92 Å². The van der Waals surface area contributed by atoms with Crippen molar-refractivity contribution in [3.05, 3.63) is 0 Å². The molecule has 0 aromatic heterocycles. The topological polar surface area (TPSA) is 63.3 Å². The van der Waals surface area contributed by atoms with E-state index in [4.69, 9.17) is 10.8 Å². The van der Waals surface area contributed by atoms with Gasteiger partial charge in [0.15, 0.2) is 0 Å². The Morgan fingerprint density at radius 3 is 2.36 bits per heavy atom. The molecule has 0 aliphatic rings. The molecule has 0 fully saturated rings. The second kappa shape index (κ2) is 7.80. The fourth-order valence-electron chi connectivity index (χ4n) is 1.49. The van der Waals surface area contributed by atoms with Gasteiger partial charge in [0.25, 0.3) is 0 Å². The fourth-order valence-corrected chi connectivity index (χ4v) is 1.49. The van der Waals surface area contributed by atoms with Crippen LogP contribution in [-0.4, -0.2) is 17.1 Å². The maximum atomic E-state index is 10.6. The van der Waals surface area contributed by atoms with E-state index in [0.29, 0.717) is 0 Å². The van der Waals surface area contributed by atoms with Crippen molar-refractivity contribution in [2.75, 3.05) is 0 Å². The Bertz CT molecular complexity index is 159. The first-order valence-corrected chi connectivity index (χ1v) is 5.58.